The molecule has 2 aliphatic heterocycles. The van der Waals surface area contributed by atoms with Gasteiger partial charge in [0.25, 0.3) is 0 Å². The van der Waals surface area contributed by atoms with Gasteiger partial charge < -0.3 is 9.47 Å². The summed E-state index contributed by atoms with van der Waals surface area (Å²) >= 11 is 9.57. The fraction of sp³-hybridized carbons (Fsp3) is 0.455. The molecule has 0 saturated carbocycles. The largest absolute Gasteiger partial charge is 0.322 e. The van der Waals surface area contributed by atoms with Crippen molar-refractivity contribution in [2.45, 2.75) is 32.0 Å². The lowest BCUT2D eigenvalue weighted by molar-refractivity contribution is -0.380. The number of halogens is 2. The van der Waals surface area contributed by atoms with Crippen LogP contribution in [0.4, 0.5) is 5.82 Å². The minimum absolute atomic E-state index is 0.0117. The van der Waals surface area contributed by atoms with Crippen molar-refractivity contribution in [1.82, 2.24) is 4.98 Å². The van der Waals surface area contributed by atoms with Crippen LogP contribution in [0.25, 0.3) is 0 Å². The molecule has 1 unspecified atom stereocenters. The molecule has 100 valence electrons. The Labute approximate surface area is 125 Å². The van der Waals surface area contributed by atoms with Crippen LogP contribution in [0.2, 0.25) is 5.02 Å². The summed E-state index contributed by atoms with van der Waals surface area (Å²) in [5.41, 5.74) is 1.01. The minimum Gasteiger partial charge on any atom is -0.322 e. The monoisotopic (exact) mass is 343 g/mol. The fourth-order valence-corrected chi connectivity index (χ4v) is 2.97. The van der Waals surface area contributed by atoms with Crippen LogP contribution < -0.4 is 5.01 Å². The molecule has 1 atom stereocenters. The van der Waals surface area contributed by atoms with E-state index in [-0.39, 0.29) is 18.6 Å². The molecule has 1 aromatic rings. The number of rotatable bonds is 2. The highest BCUT2D eigenvalue weighted by atomic mass is 79.9. The van der Waals surface area contributed by atoms with Crippen molar-refractivity contribution in [1.29, 1.82) is 0 Å². The molecule has 0 aromatic carbocycles. The molecule has 8 heteroatoms. The lowest BCUT2D eigenvalue weighted by Gasteiger charge is -2.40. The van der Waals surface area contributed by atoms with Crippen LogP contribution >= 0.6 is 27.5 Å². The summed E-state index contributed by atoms with van der Waals surface area (Å²) in [6.07, 6.45) is 2.05. The molecule has 0 N–H and O–H groups in total. The van der Waals surface area contributed by atoms with Gasteiger partial charge in [-0.2, -0.15) is 5.10 Å². The SMILES string of the molecule is BC1=NN(c2ncc(Br)cc2Cl)C(C2OC(C)O2)C1. The number of hydrogen-bond donors (Lipinski definition) is 0. The molecular weight excluding hydrogens is 332 g/mol. The van der Waals surface area contributed by atoms with Gasteiger partial charge in [-0.25, -0.2) is 9.99 Å². The molecule has 0 spiro atoms. The summed E-state index contributed by atoms with van der Waals surface area (Å²) < 4.78 is 12.0. The van der Waals surface area contributed by atoms with Gasteiger partial charge >= 0.3 is 0 Å². The van der Waals surface area contributed by atoms with Crippen molar-refractivity contribution >= 4 is 46.8 Å². The van der Waals surface area contributed by atoms with E-state index in [1.165, 1.54) is 0 Å². The average molecular weight is 344 g/mol. The molecule has 3 heterocycles. The smallest absolute Gasteiger partial charge is 0.186 e. The van der Waals surface area contributed by atoms with Crippen LogP contribution in [0.1, 0.15) is 13.3 Å². The number of pyridine rings is 1. The van der Waals surface area contributed by atoms with Crippen molar-refractivity contribution < 1.29 is 9.47 Å². The molecule has 0 radical (unpaired) electrons. The first kappa shape index (κ1) is 13.4. The molecule has 2 aliphatic rings. The summed E-state index contributed by atoms with van der Waals surface area (Å²) in [6.45, 7) is 1.87. The molecule has 1 fully saturated rings. The van der Waals surface area contributed by atoms with Crippen LogP contribution in [0.5, 0.6) is 0 Å². The average Bonchev–Trinajstić information content (AvgIpc) is 2.66. The van der Waals surface area contributed by atoms with Crippen LogP contribution in [0, 0.1) is 0 Å². The van der Waals surface area contributed by atoms with Gasteiger partial charge in [-0.15, -0.1) is 0 Å². The van der Waals surface area contributed by atoms with Crippen LogP contribution in [0.3, 0.4) is 0 Å². The first-order valence-corrected chi connectivity index (χ1v) is 7.17. The van der Waals surface area contributed by atoms with Crippen molar-refractivity contribution in [3.8, 4) is 0 Å². The van der Waals surface area contributed by atoms with E-state index in [2.05, 4.69) is 26.0 Å². The topological polar surface area (TPSA) is 47.0 Å². The van der Waals surface area contributed by atoms with Crippen molar-refractivity contribution in [2.75, 3.05) is 5.01 Å². The first-order chi connectivity index (χ1) is 9.04. The zero-order valence-corrected chi connectivity index (χ0v) is 12.8. The van der Waals surface area contributed by atoms with E-state index in [0.29, 0.717) is 10.8 Å². The van der Waals surface area contributed by atoms with Gasteiger partial charge in [0.2, 0.25) is 0 Å². The van der Waals surface area contributed by atoms with Gasteiger partial charge in [-0.3, -0.25) is 0 Å². The lowest BCUT2D eigenvalue weighted by Crippen LogP contribution is -2.51. The Morgan fingerprint density at radius 3 is 2.89 bits per heavy atom. The van der Waals surface area contributed by atoms with Crippen LogP contribution in [-0.4, -0.2) is 37.1 Å². The normalized spacial score (nSPS) is 30.2. The highest BCUT2D eigenvalue weighted by Crippen LogP contribution is 2.35. The molecule has 19 heavy (non-hydrogen) atoms. The van der Waals surface area contributed by atoms with Gasteiger partial charge in [0.1, 0.15) is 6.04 Å². The number of aromatic nitrogens is 1. The molecule has 3 rings (SSSR count). The highest BCUT2D eigenvalue weighted by Gasteiger charge is 2.42. The summed E-state index contributed by atoms with van der Waals surface area (Å²) in [7, 11) is 1.97. The zero-order valence-electron chi connectivity index (χ0n) is 10.5. The van der Waals surface area contributed by atoms with Crippen LogP contribution in [0.15, 0.2) is 21.8 Å². The number of nitrogens with zero attached hydrogens (tertiary/aromatic N) is 3. The van der Waals surface area contributed by atoms with E-state index in [1.807, 2.05) is 14.8 Å². The third-order valence-electron chi connectivity index (χ3n) is 3.07. The zero-order chi connectivity index (χ0) is 13.6. The summed E-state index contributed by atoms with van der Waals surface area (Å²) in [6, 6.07) is 1.79. The van der Waals surface area contributed by atoms with Crippen LogP contribution in [-0.2, 0) is 9.47 Å². The standard InChI is InChI=1S/C11H12BBrClN3O2/c1-5-18-11(19-5)8-3-9(12)16-17(8)10-7(14)2-6(13)4-15-10/h2,4-5,8,11H,3,12H2,1H3. The summed E-state index contributed by atoms with van der Waals surface area (Å²) in [5, 5.41) is 6.83. The second kappa shape index (κ2) is 5.05. The lowest BCUT2D eigenvalue weighted by atomic mass is 9.95. The molecule has 1 aromatic heterocycles. The number of hydrogen-bond acceptors (Lipinski definition) is 5. The fourth-order valence-electron chi connectivity index (χ4n) is 2.25. The maximum Gasteiger partial charge on any atom is 0.186 e. The second-order valence-corrected chi connectivity index (χ2v) is 5.94. The van der Waals surface area contributed by atoms with E-state index >= 15 is 0 Å². The van der Waals surface area contributed by atoms with E-state index in [1.54, 1.807) is 17.3 Å². The van der Waals surface area contributed by atoms with E-state index < -0.39 is 0 Å². The maximum absolute atomic E-state index is 6.23. The number of ether oxygens (including phenoxy) is 2. The van der Waals surface area contributed by atoms with Gasteiger partial charge in [-0.1, -0.05) is 11.6 Å². The third-order valence-corrected chi connectivity index (χ3v) is 3.78. The molecule has 0 amide bonds. The van der Waals surface area contributed by atoms with Gasteiger partial charge in [0.05, 0.1) is 5.02 Å². The Bertz CT molecular complexity index is 539. The van der Waals surface area contributed by atoms with Gasteiger partial charge in [0.15, 0.2) is 26.2 Å². The molecule has 0 bridgehead atoms. The van der Waals surface area contributed by atoms with E-state index in [4.69, 9.17) is 21.1 Å². The summed E-state index contributed by atoms with van der Waals surface area (Å²) in [4.78, 5) is 4.33. The molecule has 1 saturated heterocycles. The Hall–Kier alpha value is -0.625. The molecule has 0 aliphatic carbocycles. The number of hydrazone groups is 1. The van der Waals surface area contributed by atoms with E-state index in [0.717, 1.165) is 16.5 Å². The van der Waals surface area contributed by atoms with Crippen molar-refractivity contribution in [2.24, 2.45) is 5.10 Å². The predicted octanol–water partition coefficient (Wildman–Crippen LogP) is 1.74. The molecule has 5 nitrogen and oxygen atoms in total. The maximum atomic E-state index is 6.23. The summed E-state index contributed by atoms with van der Waals surface area (Å²) in [5.74, 6) is 0.624. The second-order valence-electron chi connectivity index (χ2n) is 4.62. The van der Waals surface area contributed by atoms with Gasteiger partial charge in [0, 0.05) is 17.1 Å². The van der Waals surface area contributed by atoms with Crippen molar-refractivity contribution in [3.05, 3.63) is 21.8 Å². The predicted molar refractivity (Wildman–Crippen MR) is 79.2 cm³/mol. The third kappa shape index (κ3) is 2.52. The Morgan fingerprint density at radius 1 is 1.53 bits per heavy atom. The minimum atomic E-state index is -0.280. The Balaban J connectivity index is 1.88. The molecular formula is C11H12BBrClN3O2. The Morgan fingerprint density at radius 2 is 2.26 bits per heavy atom. The first-order valence-electron chi connectivity index (χ1n) is 6.00. The van der Waals surface area contributed by atoms with Gasteiger partial charge in [-0.05, 0) is 34.5 Å². The van der Waals surface area contributed by atoms with E-state index in [9.17, 15) is 0 Å². The number of anilines is 1. The van der Waals surface area contributed by atoms with Crippen molar-refractivity contribution in [3.63, 3.8) is 0 Å². The quantitative estimate of drug-likeness (QED) is 0.767. The highest BCUT2D eigenvalue weighted by molar-refractivity contribution is 9.10. The Kier molecular flexibility index (Phi) is 3.55.